The number of hydrogen-bond acceptors (Lipinski definition) is 2. The first kappa shape index (κ1) is 15.3. The number of aryl methyl sites for hydroxylation is 1. The molecule has 1 saturated carbocycles. The first-order valence-electron chi connectivity index (χ1n) is 7.87. The molecule has 4 heteroatoms. The SMILES string of the molecule is Cc1ccccc1C(=O)Nc1ccc(CC(=O)NC2CC2)cc1. The van der Waals surface area contributed by atoms with Gasteiger partial charge < -0.3 is 10.6 Å². The minimum atomic E-state index is -0.123. The van der Waals surface area contributed by atoms with Crippen molar-refractivity contribution in [3.63, 3.8) is 0 Å². The summed E-state index contributed by atoms with van der Waals surface area (Å²) in [4.78, 5) is 24.0. The summed E-state index contributed by atoms with van der Waals surface area (Å²) in [6.07, 6.45) is 2.56. The Bertz CT molecular complexity index is 718. The molecule has 0 unspecified atom stereocenters. The summed E-state index contributed by atoms with van der Waals surface area (Å²) >= 11 is 0. The van der Waals surface area contributed by atoms with E-state index in [1.807, 2.05) is 49.4 Å². The van der Waals surface area contributed by atoms with Crippen LogP contribution in [0.1, 0.15) is 34.3 Å². The number of rotatable bonds is 5. The third kappa shape index (κ3) is 4.19. The summed E-state index contributed by atoms with van der Waals surface area (Å²) in [6.45, 7) is 1.91. The van der Waals surface area contributed by atoms with Crippen molar-refractivity contribution in [1.82, 2.24) is 5.32 Å². The van der Waals surface area contributed by atoms with Crippen LogP contribution >= 0.6 is 0 Å². The minimum Gasteiger partial charge on any atom is -0.353 e. The molecule has 0 aromatic heterocycles. The lowest BCUT2D eigenvalue weighted by Gasteiger charge is -2.08. The lowest BCUT2D eigenvalue weighted by Crippen LogP contribution is -2.26. The summed E-state index contributed by atoms with van der Waals surface area (Å²) in [5.74, 6) is -0.0634. The molecule has 4 nitrogen and oxygen atoms in total. The molecule has 0 atom stereocenters. The Hall–Kier alpha value is -2.62. The molecule has 0 aliphatic heterocycles. The molecule has 0 bridgehead atoms. The quantitative estimate of drug-likeness (QED) is 0.892. The van der Waals surface area contributed by atoms with Crippen molar-refractivity contribution in [1.29, 1.82) is 0 Å². The molecule has 0 heterocycles. The van der Waals surface area contributed by atoms with E-state index < -0.39 is 0 Å². The van der Waals surface area contributed by atoms with E-state index in [0.29, 0.717) is 18.0 Å². The Balaban J connectivity index is 1.59. The largest absolute Gasteiger partial charge is 0.353 e. The van der Waals surface area contributed by atoms with E-state index in [1.54, 1.807) is 6.07 Å². The number of carbonyl (C=O) groups is 2. The van der Waals surface area contributed by atoms with Crippen molar-refractivity contribution in [2.45, 2.75) is 32.2 Å². The highest BCUT2D eigenvalue weighted by atomic mass is 16.2. The predicted molar refractivity (Wildman–Crippen MR) is 90.4 cm³/mol. The second-order valence-electron chi connectivity index (χ2n) is 5.98. The molecule has 118 valence electrons. The van der Waals surface area contributed by atoms with E-state index in [9.17, 15) is 9.59 Å². The van der Waals surface area contributed by atoms with Gasteiger partial charge in [0, 0.05) is 17.3 Å². The zero-order valence-corrected chi connectivity index (χ0v) is 13.1. The highest BCUT2D eigenvalue weighted by Gasteiger charge is 2.23. The first-order valence-corrected chi connectivity index (χ1v) is 7.87. The zero-order valence-electron chi connectivity index (χ0n) is 13.1. The van der Waals surface area contributed by atoms with Crippen molar-refractivity contribution >= 4 is 17.5 Å². The van der Waals surface area contributed by atoms with Crippen LogP contribution in [0.3, 0.4) is 0 Å². The molecule has 0 spiro atoms. The molecule has 1 aliphatic carbocycles. The van der Waals surface area contributed by atoms with E-state index in [-0.39, 0.29) is 11.8 Å². The third-order valence-electron chi connectivity index (χ3n) is 3.91. The van der Waals surface area contributed by atoms with Crippen LogP contribution in [0.4, 0.5) is 5.69 Å². The maximum Gasteiger partial charge on any atom is 0.255 e. The van der Waals surface area contributed by atoms with Gasteiger partial charge in [0.25, 0.3) is 5.91 Å². The van der Waals surface area contributed by atoms with E-state index in [0.717, 1.165) is 29.7 Å². The Morgan fingerprint density at radius 3 is 2.39 bits per heavy atom. The fourth-order valence-corrected chi connectivity index (χ4v) is 2.42. The van der Waals surface area contributed by atoms with Gasteiger partial charge in [-0.25, -0.2) is 0 Å². The topological polar surface area (TPSA) is 58.2 Å². The molecular formula is C19H20N2O2. The lowest BCUT2D eigenvalue weighted by atomic mass is 10.1. The lowest BCUT2D eigenvalue weighted by molar-refractivity contribution is -0.120. The van der Waals surface area contributed by atoms with Crippen LogP contribution in [0, 0.1) is 6.92 Å². The molecule has 2 aromatic rings. The summed E-state index contributed by atoms with van der Waals surface area (Å²) in [7, 11) is 0. The van der Waals surface area contributed by atoms with E-state index in [1.165, 1.54) is 0 Å². The average molecular weight is 308 g/mol. The second-order valence-corrected chi connectivity index (χ2v) is 5.98. The molecule has 2 amide bonds. The maximum atomic E-state index is 12.3. The fourth-order valence-electron chi connectivity index (χ4n) is 2.42. The Labute approximate surface area is 135 Å². The second kappa shape index (κ2) is 6.65. The van der Waals surface area contributed by atoms with Crippen LogP contribution in [-0.4, -0.2) is 17.9 Å². The van der Waals surface area contributed by atoms with Crippen LogP contribution in [0.25, 0.3) is 0 Å². The molecule has 0 saturated heterocycles. The van der Waals surface area contributed by atoms with E-state index in [2.05, 4.69) is 10.6 Å². The van der Waals surface area contributed by atoms with Gasteiger partial charge in [0.1, 0.15) is 0 Å². The van der Waals surface area contributed by atoms with Gasteiger partial charge in [-0.1, -0.05) is 30.3 Å². The summed E-state index contributed by atoms with van der Waals surface area (Å²) in [5.41, 5.74) is 3.28. The number of amides is 2. The van der Waals surface area contributed by atoms with Crippen LogP contribution in [-0.2, 0) is 11.2 Å². The highest BCUT2D eigenvalue weighted by Crippen LogP contribution is 2.19. The van der Waals surface area contributed by atoms with Crippen molar-refractivity contribution in [2.24, 2.45) is 0 Å². The number of hydrogen-bond donors (Lipinski definition) is 2. The average Bonchev–Trinajstić information content (AvgIpc) is 3.33. The number of carbonyl (C=O) groups excluding carboxylic acids is 2. The molecule has 23 heavy (non-hydrogen) atoms. The van der Waals surface area contributed by atoms with Gasteiger partial charge in [-0.3, -0.25) is 9.59 Å². The molecule has 3 rings (SSSR count). The van der Waals surface area contributed by atoms with Gasteiger partial charge in [0.2, 0.25) is 5.91 Å². The van der Waals surface area contributed by atoms with Gasteiger partial charge in [0.15, 0.2) is 0 Å². The smallest absolute Gasteiger partial charge is 0.255 e. The van der Waals surface area contributed by atoms with Crippen molar-refractivity contribution in [3.8, 4) is 0 Å². The normalized spacial score (nSPS) is 13.4. The molecule has 2 aromatic carbocycles. The Morgan fingerprint density at radius 1 is 1.04 bits per heavy atom. The van der Waals surface area contributed by atoms with Crippen LogP contribution in [0.2, 0.25) is 0 Å². The van der Waals surface area contributed by atoms with Crippen molar-refractivity contribution in [2.75, 3.05) is 5.32 Å². The van der Waals surface area contributed by atoms with Crippen molar-refractivity contribution in [3.05, 3.63) is 65.2 Å². The van der Waals surface area contributed by atoms with Gasteiger partial charge in [-0.2, -0.15) is 0 Å². The first-order chi connectivity index (χ1) is 11.1. The highest BCUT2D eigenvalue weighted by molar-refractivity contribution is 6.05. The molecule has 1 aliphatic rings. The number of nitrogens with one attached hydrogen (secondary N) is 2. The van der Waals surface area contributed by atoms with Crippen LogP contribution < -0.4 is 10.6 Å². The summed E-state index contributed by atoms with van der Waals surface area (Å²) in [5, 5.41) is 5.85. The molecule has 0 radical (unpaired) electrons. The third-order valence-corrected chi connectivity index (χ3v) is 3.91. The summed E-state index contributed by atoms with van der Waals surface area (Å²) in [6, 6.07) is 15.3. The van der Waals surface area contributed by atoms with Gasteiger partial charge >= 0.3 is 0 Å². The predicted octanol–water partition coefficient (Wildman–Crippen LogP) is 3.07. The van der Waals surface area contributed by atoms with E-state index >= 15 is 0 Å². The van der Waals surface area contributed by atoms with Gasteiger partial charge in [-0.05, 0) is 49.1 Å². The van der Waals surface area contributed by atoms with Crippen molar-refractivity contribution < 1.29 is 9.59 Å². The Morgan fingerprint density at radius 2 is 1.74 bits per heavy atom. The standard InChI is InChI=1S/C19H20N2O2/c1-13-4-2-3-5-17(13)19(23)21-16-8-6-14(7-9-16)12-18(22)20-15-10-11-15/h2-9,15H,10-12H2,1H3,(H,20,22)(H,21,23). The molecule has 2 N–H and O–H groups in total. The molecular weight excluding hydrogens is 288 g/mol. The van der Waals surface area contributed by atoms with Gasteiger partial charge in [0.05, 0.1) is 6.42 Å². The molecule has 1 fully saturated rings. The monoisotopic (exact) mass is 308 g/mol. The van der Waals surface area contributed by atoms with Crippen LogP contribution in [0.15, 0.2) is 48.5 Å². The number of benzene rings is 2. The van der Waals surface area contributed by atoms with E-state index in [4.69, 9.17) is 0 Å². The Kier molecular flexibility index (Phi) is 4.42. The maximum absolute atomic E-state index is 12.3. The summed E-state index contributed by atoms with van der Waals surface area (Å²) < 4.78 is 0. The zero-order chi connectivity index (χ0) is 16.2. The van der Waals surface area contributed by atoms with Crippen LogP contribution in [0.5, 0.6) is 0 Å². The fraction of sp³-hybridized carbons (Fsp3) is 0.263. The van der Waals surface area contributed by atoms with Gasteiger partial charge in [-0.15, -0.1) is 0 Å². The number of anilines is 1. The minimum absolute atomic E-state index is 0.0594.